The summed E-state index contributed by atoms with van der Waals surface area (Å²) >= 11 is 0. The van der Waals surface area contributed by atoms with Crippen molar-refractivity contribution in [3.63, 3.8) is 0 Å². The Morgan fingerprint density at radius 3 is 2.95 bits per heavy atom. The first-order chi connectivity index (χ1) is 9.63. The molecule has 0 bridgehead atoms. The van der Waals surface area contributed by atoms with E-state index in [-0.39, 0.29) is 5.91 Å². The van der Waals surface area contributed by atoms with Crippen LogP contribution >= 0.6 is 0 Å². The Bertz CT molecular complexity index is 746. The van der Waals surface area contributed by atoms with Gasteiger partial charge in [-0.3, -0.25) is 4.79 Å². The third-order valence-electron chi connectivity index (χ3n) is 3.05. The molecule has 1 amide bonds. The van der Waals surface area contributed by atoms with Crippen molar-refractivity contribution in [1.82, 2.24) is 19.4 Å². The number of carbonyl (C=O) groups is 1. The summed E-state index contributed by atoms with van der Waals surface area (Å²) in [6.07, 6.45) is 5.24. The van der Waals surface area contributed by atoms with Crippen LogP contribution in [0.1, 0.15) is 21.8 Å². The second kappa shape index (κ2) is 4.80. The molecule has 3 aromatic heterocycles. The molecular weight excluding hydrogens is 256 g/mol. The quantitative estimate of drug-likeness (QED) is 0.729. The number of nitrogens with zero attached hydrogens (tertiary/aromatic N) is 4. The second-order valence-corrected chi connectivity index (χ2v) is 4.71. The molecule has 0 saturated carbocycles. The van der Waals surface area contributed by atoms with E-state index in [1.54, 1.807) is 36.5 Å². The van der Waals surface area contributed by atoms with E-state index < -0.39 is 0 Å². The predicted molar refractivity (Wildman–Crippen MR) is 72.2 cm³/mol. The van der Waals surface area contributed by atoms with Crippen LogP contribution in [0.25, 0.3) is 5.65 Å². The molecule has 0 radical (unpaired) electrons. The number of fused-ring (bicyclic) bond motifs is 1. The molecule has 0 aliphatic rings. The number of imidazole rings is 1. The number of aromatic nitrogens is 3. The Morgan fingerprint density at radius 1 is 1.35 bits per heavy atom. The normalized spacial score (nSPS) is 10.9. The highest BCUT2D eigenvalue weighted by molar-refractivity contribution is 5.94. The smallest absolute Gasteiger partial charge is 0.255 e. The van der Waals surface area contributed by atoms with Crippen molar-refractivity contribution in [1.29, 1.82) is 0 Å². The van der Waals surface area contributed by atoms with Gasteiger partial charge in [-0.25, -0.2) is 4.98 Å². The molecule has 3 rings (SSSR count). The van der Waals surface area contributed by atoms with Crippen LogP contribution in [0.3, 0.4) is 0 Å². The minimum atomic E-state index is -0.0744. The number of pyridine rings is 1. The van der Waals surface area contributed by atoms with Gasteiger partial charge in [0.2, 0.25) is 0 Å². The zero-order chi connectivity index (χ0) is 14.1. The lowest BCUT2D eigenvalue weighted by atomic mass is 10.2. The van der Waals surface area contributed by atoms with E-state index in [0.29, 0.717) is 17.9 Å². The molecule has 3 heterocycles. The first kappa shape index (κ1) is 12.4. The van der Waals surface area contributed by atoms with Gasteiger partial charge >= 0.3 is 0 Å². The van der Waals surface area contributed by atoms with Crippen molar-refractivity contribution in [2.75, 3.05) is 7.05 Å². The fourth-order valence-electron chi connectivity index (χ4n) is 2.09. The van der Waals surface area contributed by atoms with Gasteiger partial charge in [-0.2, -0.15) is 0 Å². The predicted octanol–water partition coefficient (Wildman–Crippen LogP) is 1.90. The summed E-state index contributed by atoms with van der Waals surface area (Å²) in [5.41, 5.74) is 2.36. The van der Waals surface area contributed by atoms with E-state index >= 15 is 0 Å². The average molecular weight is 270 g/mol. The van der Waals surface area contributed by atoms with Crippen molar-refractivity contribution < 1.29 is 9.32 Å². The molecule has 0 fully saturated rings. The summed E-state index contributed by atoms with van der Waals surface area (Å²) in [6.45, 7) is 2.31. The van der Waals surface area contributed by atoms with Crippen molar-refractivity contribution in [2.24, 2.45) is 0 Å². The lowest BCUT2D eigenvalue weighted by Crippen LogP contribution is -2.26. The lowest BCUT2D eigenvalue weighted by molar-refractivity contribution is 0.0771. The van der Waals surface area contributed by atoms with Gasteiger partial charge in [0, 0.05) is 25.5 Å². The van der Waals surface area contributed by atoms with Crippen LogP contribution in [-0.4, -0.2) is 32.4 Å². The third kappa shape index (κ3) is 2.27. The van der Waals surface area contributed by atoms with Crippen LogP contribution in [0.4, 0.5) is 0 Å². The van der Waals surface area contributed by atoms with E-state index in [4.69, 9.17) is 4.52 Å². The van der Waals surface area contributed by atoms with E-state index in [0.717, 1.165) is 11.3 Å². The van der Waals surface area contributed by atoms with Crippen LogP contribution in [0.15, 0.2) is 41.3 Å². The minimum absolute atomic E-state index is 0.0744. The maximum Gasteiger partial charge on any atom is 0.255 e. The van der Waals surface area contributed by atoms with Gasteiger partial charge < -0.3 is 13.8 Å². The lowest BCUT2D eigenvalue weighted by Gasteiger charge is -2.15. The van der Waals surface area contributed by atoms with Crippen molar-refractivity contribution in [3.05, 3.63) is 53.8 Å². The van der Waals surface area contributed by atoms with Gasteiger partial charge in [-0.15, -0.1) is 0 Å². The molecule has 20 heavy (non-hydrogen) atoms. The number of hydrogen-bond donors (Lipinski definition) is 0. The standard InChI is InChI=1S/C14H14N4O2/c1-10-7-18-8-11(3-4-13(18)16-10)14(19)17(2)9-12-5-6-15-20-12/h3-8H,9H2,1-2H3. The van der Waals surface area contributed by atoms with E-state index in [2.05, 4.69) is 10.1 Å². The maximum absolute atomic E-state index is 12.4. The Balaban J connectivity index is 1.83. The molecule has 6 heteroatoms. The Hall–Kier alpha value is -2.63. The number of rotatable bonds is 3. The fraction of sp³-hybridized carbons (Fsp3) is 0.214. The zero-order valence-corrected chi connectivity index (χ0v) is 11.3. The van der Waals surface area contributed by atoms with Crippen LogP contribution in [-0.2, 0) is 6.54 Å². The van der Waals surface area contributed by atoms with Gasteiger partial charge in [0.15, 0.2) is 5.76 Å². The first-order valence-electron chi connectivity index (χ1n) is 6.24. The monoisotopic (exact) mass is 270 g/mol. The first-order valence-corrected chi connectivity index (χ1v) is 6.24. The maximum atomic E-state index is 12.4. The largest absolute Gasteiger partial charge is 0.360 e. The van der Waals surface area contributed by atoms with Gasteiger partial charge in [0.25, 0.3) is 5.91 Å². The fourth-order valence-corrected chi connectivity index (χ4v) is 2.09. The molecule has 3 aromatic rings. The van der Waals surface area contributed by atoms with Gasteiger partial charge in [0.05, 0.1) is 24.0 Å². The number of aryl methyl sites for hydroxylation is 1. The van der Waals surface area contributed by atoms with Crippen LogP contribution in [0.5, 0.6) is 0 Å². The Kier molecular flexibility index (Phi) is 2.98. The highest BCUT2D eigenvalue weighted by atomic mass is 16.5. The van der Waals surface area contributed by atoms with Gasteiger partial charge in [-0.1, -0.05) is 5.16 Å². The summed E-state index contributed by atoms with van der Waals surface area (Å²) in [6, 6.07) is 5.36. The van der Waals surface area contributed by atoms with Crippen molar-refractivity contribution >= 4 is 11.6 Å². The van der Waals surface area contributed by atoms with Crippen LogP contribution < -0.4 is 0 Å². The highest BCUT2D eigenvalue weighted by Gasteiger charge is 2.14. The molecule has 0 aromatic carbocycles. The van der Waals surface area contributed by atoms with Crippen LogP contribution in [0, 0.1) is 6.92 Å². The average Bonchev–Trinajstić information content (AvgIpc) is 3.04. The van der Waals surface area contributed by atoms with Crippen molar-refractivity contribution in [2.45, 2.75) is 13.5 Å². The number of hydrogen-bond acceptors (Lipinski definition) is 4. The second-order valence-electron chi connectivity index (χ2n) is 4.71. The van der Waals surface area contributed by atoms with Gasteiger partial charge in [-0.05, 0) is 19.1 Å². The summed E-state index contributed by atoms with van der Waals surface area (Å²) in [4.78, 5) is 18.3. The Morgan fingerprint density at radius 2 is 2.20 bits per heavy atom. The van der Waals surface area contributed by atoms with Crippen molar-refractivity contribution in [3.8, 4) is 0 Å². The number of amides is 1. The minimum Gasteiger partial charge on any atom is -0.360 e. The zero-order valence-electron chi connectivity index (χ0n) is 11.3. The molecular formula is C14H14N4O2. The molecule has 102 valence electrons. The van der Waals surface area contributed by atoms with Crippen LogP contribution in [0.2, 0.25) is 0 Å². The highest BCUT2D eigenvalue weighted by Crippen LogP contribution is 2.11. The summed E-state index contributed by atoms with van der Waals surface area (Å²) < 4.78 is 6.86. The molecule has 0 spiro atoms. The number of carbonyl (C=O) groups excluding carboxylic acids is 1. The summed E-state index contributed by atoms with van der Waals surface area (Å²) in [5.74, 6) is 0.579. The summed E-state index contributed by atoms with van der Waals surface area (Å²) in [5, 5.41) is 3.63. The molecule has 6 nitrogen and oxygen atoms in total. The third-order valence-corrected chi connectivity index (χ3v) is 3.05. The topological polar surface area (TPSA) is 63.6 Å². The summed E-state index contributed by atoms with van der Waals surface area (Å²) in [7, 11) is 1.73. The molecule has 0 aliphatic heterocycles. The SMILES string of the molecule is Cc1cn2cc(C(=O)N(C)Cc3ccno3)ccc2n1. The van der Waals surface area contributed by atoms with Gasteiger partial charge in [0.1, 0.15) is 5.65 Å². The Labute approximate surface area is 115 Å². The van der Waals surface area contributed by atoms with E-state index in [9.17, 15) is 4.79 Å². The molecule has 0 atom stereocenters. The molecule has 0 saturated heterocycles. The molecule has 0 unspecified atom stereocenters. The van der Waals surface area contributed by atoms with E-state index in [1.165, 1.54) is 0 Å². The molecule has 0 N–H and O–H groups in total. The molecule has 0 aliphatic carbocycles. The van der Waals surface area contributed by atoms with E-state index in [1.807, 2.05) is 23.6 Å².